The van der Waals surface area contributed by atoms with Crippen molar-refractivity contribution in [3.63, 3.8) is 0 Å². The minimum Gasteiger partial charge on any atom is -0.378 e. The fourth-order valence-corrected chi connectivity index (χ4v) is 1.97. The third-order valence-electron chi connectivity index (χ3n) is 2.62. The summed E-state index contributed by atoms with van der Waals surface area (Å²) in [5.41, 5.74) is 1.61. The van der Waals surface area contributed by atoms with Gasteiger partial charge in [-0.05, 0) is 18.2 Å². The highest BCUT2D eigenvalue weighted by Gasteiger charge is 2.13. The molecule has 1 N–H and O–H groups in total. The van der Waals surface area contributed by atoms with Crippen LogP contribution in [0.1, 0.15) is 10.4 Å². The highest BCUT2D eigenvalue weighted by molar-refractivity contribution is 6.38. The van der Waals surface area contributed by atoms with Gasteiger partial charge in [-0.15, -0.1) is 0 Å². The van der Waals surface area contributed by atoms with Crippen LogP contribution in [0.2, 0.25) is 10.3 Å². The minimum atomic E-state index is -0.327. The third kappa shape index (κ3) is 3.18. The van der Waals surface area contributed by atoms with E-state index in [4.69, 9.17) is 23.2 Å². The van der Waals surface area contributed by atoms with Crippen LogP contribution in [-0.2, 0) is 0 Å². The van der Waals surface area contributed by atoms with Gasteiger partial charge in [0.1, 0.15) is 12.0 Å². The second-order valence-corrected chi connectivity index (χ2v) is 4.95. The fourth-order valence-electron chi connectivity index (χ4n) is 1.56. The first kappa shape index (κ1) is 14.6. The molecule has 1 heterocycles. The summed E-state index contributed by atoms with van der Waals surface area (Å²) >= 11 is 11.8. The highest BCUT2D eigenvalue weighted by Crippen LogP contribution is 2.26. The molecule has 1 amide bonds. The van der Waals surface area contributed by atoms with E-state index in [-0.39, 0.29) is 21.9 Å². The molecule has 5 nitrogen and oxygen atoms in total. The number of aromatic nitrogens is 2. The summed E-state index contributed by atoms with van der Waals surface area (Å²) in [7, 11) is 3.80. The van der Waals surface area contributed by atoms with Gasteiger partial charge in [0.05, 0.1) is 0 Å². The number of anilines is 2. The first-order valence-corrected chi connectivity index (χ1v) is 6.49. The molecular formula is C13H12Cl2N4O. The lowest BCUT2D eigenvalue weighted by atomic mass is 10.2. The third-order valence-corrected chi connectivity index (χ3v) is 3.19. The maximum atomic E-state index is 12.2. The largest absolute Gasteiger partial charge is 0.378 e. The highest BCUT2D eigenvalue weighted by atomic mass is 35.5. The molecular weight excluding hydrogens is 299 g/mol. The molecule has 0 aliphatic heterocycles. The van der Waals surface area contributed by atoms with E-state index in [9.17, 15) is 4.79 Å². The number of nitrogens with zero attached hydrogens (tertiary/aromatic N) is 3. The van der Waals surface area contributed by atoms with Gasteiger partial charge in [-0.25, -0.2) is 9.97 Å². The SMILES string of the molecule is CN(C)c1cccc(C(=O)Nc2c(Cl)ncnc2Cl)c1. The molecule has 20 heavy (non-hydrogen) atoms. The van der Waals surface area contributed by atoms with Crippen LogP contribution < -0.4 is 10.2 Å². The summed E-state index contributed by atoms with van der Waals surface area (Å²) in [6, 6.07) is 7.17. The minimum absolute atomic E-state index is 0.0992. The average Bonchev–Trinajstić information content (AvgIpc) is 2.43. The van der Waals surface area contributed by atoms with Gasteiger partial charge in [-0.3, -0.25) is 4.79 Å². The van der Waals surface area contributed by atoms with E-state index >= 15 is 0 Å². The smallest absolute Gasteiger partial charge is 0.255 e. The number of nitrogens with one attached hydrogen (secondary N) is 1. The zero-order chi connectivity index (χ0) is 14.7. The normalized spacial score (nSPS) is 10.2. The lowest BCUT2D eigenvalue weighted by Crippen LogP contribution is -2.15. The summed E-state index contributed by atoms with van der Waals surface area (Å²) < 4.78 is 0. The molecule has 0 unspecified atom stereocenters. The molecule has 2 rings (SSSR count). The summed E-state index contributed by atoms with van der Waals surface area (Å²) in [4.78, 5) is 21.7. The molecule has 0 saturated heterocycles. The Bertz CT molecular complexity index is 626. The number of amides is 1. The Labute approximate surface area is 126 Å². The Morgan fingerprint density at radius 3 is 2.45 bits per heavy atom. The maximum Gasteiger partial charge on any atom is 0.255 e. The molecule has 0 atom stereocenters. The molecule has 0 aliphatic rings. The monoisotopic (exact) mass is 310 g/mol. The Kier molecular flexibility index (Phi) is 4.42. The van der Waals surface area contributed by atoms with Crippen molar-refractivity contribution in [2.45, 2.75) is 0 Å². The number of halogens is 2. The second kappa shape index (κ2) is 6.07. The van der Waals surface area contributed by atoms with Crippen molar-refractivity contribution in [2.75, 3.05) is 24.3 Å². The topological polar surface area (TPSA) is 58.1 Å². The maximum absolute atomic E-state index is 12.2. The van der Waals surface area contributed by atoms with Gasteiger partial charge in [0.25, 0.3) is 5.91 Å². The lowest BCUT2D eigenvalue weighted by molar-refractivity contribution is 0.102. The summed E-state index contributed by atoms with van der Waals surface area (Å²) in [5, 5.41) is 2.81. The second-order valence-electron chi connectivity index (χ2n) is 4.23. The van der Waals surface area contributed by atoms with Crippen LogP contribution in [0.15, 0.2) is 30.6 Å². The van der Waals surface area contributed by atoms with Crippen molar-refractivity contribution >= 4 is 40.5 Å². The fraction of sp³-hybridized carbons (Fsp3) is 0.154. The first-order chi connectivity index (χ1) is 9.49. The van der Waals surface area contributed by atoms with Crippen LogP contribution in [-0.4, -0.2) is 30.0 Å². The quantitative estimate of drug-likeness (QED) is 0.885. The van der Waals surface area contributed by atoms with Crippen LogP contribution in [0.25, 0.3) is 0 Å². The van der Waals surface area contributed by atoms with Crippen molar-refractivity contribution in [3.05, 3.63) is 46.5 Å². The number of benzene rings is 1. The van der Waals surface area contributed by atoms with Crippen molar-refractivity contribution < 1.29 is 4.79 Å². The van der Waals surface area contributed by atoms with Crippen LogP contribution in [0.3, 0.4) is 0 Å². The summed E-state index contributed by atoms with van der Waals surface area (Å²) in [6.45, 7) is 0. The van der Waals surface area contributed by atoms with Crippen LogP contribution >= 0.6 is 23.2 Å². The molecule has 1 aromatic heterocycles. The molecule has 2 aromatic rings. The molecule has 104 valence electrons. The Hall–Kier alpha value is -1.85. The van der Waals surface area contributed by atoms with Gasteiger partial charge in [-0.1, -0.05) is 29.3 Å². The van der Waals surface area contributed by atoms with Gasteiger partial charge >= 0.3 is 0 Å². The van der Waals surface area contributed by atoms with Crippen LogP contribution in [0.5, 0.6) is 0 Å². The summed E-state index contributed by atoms with van der Waals surface area (Å²) in [6.07, 6.45) is 1.23. The standard InChI is InChI=1S/C13H12Cl2N4O/c1-19(2)9-5-3-4-8(6-9)13(20)18-10-11(14)16-7-17-12(10)15/h3-7H,1-2H3,(H,18,20). The van der Waals surface area contributed by atoms with Crippen LogP contribution in [0.4, 0.5) is 11.4 Å². The number of hydrogen-bond donors (Lipinski definition) is 1. The molecule has 1 aromatic carbocycles. The zero-order valence-corrected chi connectivity index (χ0v) is 12.4. The molecule has 0 spiro atoms. The zero-order valence-electron chi connectivity index (χ0n) is 10.9. The molecule has 0 aliphatic carbocycles. The number of rotatable bonds is 3. The van der Waals surface area contributed by atoms with Crippen molar-refractivity contribution in [1.29, 1.82) is 0 Å². The van der Waals surface area contributed by atoms with Crippen molar-refractivity contribution in [3.8, 4) is 0 Å². The number of carbonyl (C=O) groups is 1. The van der Waals surface area contributed by atoms with E-state index in [0.717, 1.165) is 5.69 Å². The van der Waals surface area contributed by atoms with Gasteiger partial charge < -0.3 is 10.2 Å². The van der Waals surface area contributed by atoms with Crippen LogP contribution in [0, 0.1) is 0 Å². The van der Waals surface area contributed by atoms with E-state index in [1.165, 1.54) is 6.33 Å². The van der Waals surface area contributed by atoms with Gasteiger partial charge in [-0.2, -0.15) is 0 Å². The predicted molar refractivity (Wildman–Crippen MR) is 80.8 cm³/mol. The molecule has 7 heteroatoms. The molecule has 0 fully saturated rings. The Balaban J connectivity index is 2.26. The first-order valence-electron chi connectivity index (χ1n) is 5.74. The number of hydrogen-bond acceptors (Lipinski definition) is 4. The predicted octanol–water partition coefficient (Wildman–Crippen LogP) is 3.10. The van der Waals surface area contributed by atoms with Gasteiger partial charge in [0.2, 0.25) is 0 Å². The van der Waals surface area contributed by atoms with E-state index < -0.39 is 0 Å². The number of carbonyl (C=O) groups excluding carboxylic acids is 1. The molecule has 0 radical (unpaired) electrons. The van der Waals surface area contributed by atoms with Crippen molar-refractivity contribution in [2.24, 2.45) is 0 Å². The molecule has 0 saturated carbocycles. The van der Waals surface area contributed by atoms with E-state index in [1.54, 1.807) is 18.2 Å². The van der Waals surface area contributed by atoms with E-state index in [0.29, 0.717) is 5.56 Å². The lowest BCUT2D eigenvalue weighted by Gasteiger charge is -2.13. The molecule has 0 bridgehead atoms. The Morgan fingerprint density at radius 1 is 1.20 bits per heavy atom. The van der Waals surface area contributed by atoms with Crippen molar-refractivity contribution in [1.82, 2.24) is 9.97 Å². The Morgan fingerprint density at radius 2 is 1.85 bits per heavy atom. The van der Waals surface area contributed by atoms with Gasteiger partial charge in [0, 0.05) is 25.3 Å². The average molecular weight is 311 g/mol. The summed E-state index contributed by atoms with van der Waals surface area (Å²) in [5.74, 6) is -0.327. The van der Waals surface area contributed by atoms with E-state index in [1.807, 2.05) is 25.1 Å². The van der Waals surface area contributed by atoms with Gasteiger partial charge in [0.15, 0.2) is 10.3 Å². The van der Waals surface area contributed by atoms with E-state index in [2.05, 4.69) is 15.3 Å².